The van der Waals surface area contributed by atoms with Crippen LogP contribution in [0.1, 0.15) is 39.0 Å². The molecule has 1 aromatic rings. The van der Waals surface area contributed by atoms with E-state index in [0.29, 0.717) is 0 Å². The number of anilines is 2. The van der Waals surface area contributed by atoms with Gasteiger partial charge in [-0.1, -0.05) is 19.3 Å². The molecule has 5 heteroatoms. The third kappa shape index (κ3) is 3.57. The first-order valence-corrected chi connectivity index (χ1v) is 7.58. The lowest BCUT2D eigenvalue weighted by atomic mass is 9.89. The fourth-order valence-corrected chi connectivity index (χ4v) is 2.90. The molecule has 0 atom stereocenters. The van der Waals surface area contributed by atoms with Crippen LogP contribution < -0.4 is 10.6 Å². The Morgan fingerprint density at radius 3 is 2.50 bits per heavy atom. The van der Waals surface area contributed by atoms with Gasteiger partial charge >= 0.3 is 0 Å². The number of hydrogen-bond acceptors (Lipinski definition) is 4. The van der Waals surface area contributed by atoms with E-state index in [-0.39, 0.29) is 0 Å². The van der Waals surface area contributed by atoms with Crippen molar-refractivity contribution in [1.29, 1.82) is 0 Å². The van der Waals surface area contributed by atoms with E-state index in [2.05, 4.69) is 43.5 Å². The van der Waals surface area contributed by atoms with E-state index < -0.39 is 0 Å². The van der Waals surface area contributed by atoms with Gasteiger partial charge in [0, 0.05) is 13.1 Å². The van der Waals surface area contributed by atoms with Crippen molar-refractivity contribution in [3.8, 4) is 0 Å². The smallest absolute Gasteiger partial charge is 0.145 e. The topological polar surface area (TPSA) is 49.8 Å². The van der Waals surface area contributed by atoms with Gasteiger partial charge in [-0.25, -0.2) is 9.97 Å². The Morgan fingerprint density at radius 1 is 1.17 bits per heavy atom. The molecule has 2 rings (SSSR count). The molecule has 0 aromatic carbocycles. The summed E-state index contributed by atoms with van der Waals surface area (Å²) in [6.07, 6.45) is 8.44. The molecule has 0 aliphatic heterocycles. The average molecular weight is 313 g/mol. The van der Waals surface area contributed by atoms with Crippen molar-refractivity contribution < 1.29 is 0 Å². The third-order valence-electron chi connectivity index (χ3n) is 3.42. The van der Waals surface area contributed by atoms with Crippen molar-refractivity contribution in [1.82, 2.24) is 9.97 Å². The van der Waals surface area contributed by atoms with Crippen molar-refractivity contribution >= 4 is 27.6 Å². The van der Waals surface area contributed by atoms with Gasteiger partial charge in [-0.05, 0) is 41.6 Å². The number of hydrogen-bond donors (Lipinski definition) is 2. The van der Waals surface area contributed by atoms with E-state index in [4.69, 9.17) is 0 Å². The van der Waals surface area contributed by atoms with E-state index in [1.165, 1.54) is 32.1 Å². The molecule has 1 aliphatic carbocycles. The lowest BCUT2D eigenvalue weighted by Crippen LogP contribution is -2.18. The molecule has 1 aliphatic rings. The Bertz CT molecular complexity index is 377. The lowest BCUT2D eigenvalue weighted by Gasteiger charge is -2.22. The quantitative estimate of drug-likeness (QED) is 0.871. The summed E-state index contributed by atoms with van der Waals surface area (Å²) in [4.78, 5) is 8.51. The monoisotopic (exact) mass is 312 g/mol. The first-order valence-electron chi connectivity index (χ1n) is 6.79. The first kappa shape index (κ1) is 13.6. The molecule has 1 saturated carbocycles. The molecule has 0 amide bonds. The molecule has 4 nitrogen and oxygen atoms in total. The summed E-state index contributed by atoms with van der Waals surface area (Å²) in [6, 6.07) is 0. The molecule has 0 bridgehead atoms. The number of nitrogens with one attached hydrogen (secondary N) is 2. The maximum absolute atomic E-state index is 4.30. The Balaban J connectivity index is 1.93. The van der Waals surface area contributed by atoms with Crippen LogP contribution in [0.2, 0.25) is 0 Å². The molecule has 0 unspecified atom stereocenters. The Morgan fingerprint density at radius 2 is 1.83 bits per heavy atom. The van der Waals surface area contributed by atoms with Crippen LogP contribution in [0.15, 0.2) is 10.8 Å². The van der Waals surface area contributed by atoms with Crippen molar-refractivity contribution in [2.75, 3.05) is 23.7 Å². The van der Waals surface area contributed by atoms with Crippen LogP contribution in [0.3, 0.4) is 0 Å². The van der Waals surface area contributed by atoms with E-state index in [9.17, 15) is 0 Å². The standard InChI is InChI=1S/C13H21BrN4/c1-2-15-12-11(14)13(18-9-17-12)16-8-10-6-4-3-5-7-10/h9-10H,2-8H2,1H3,(H2,15,16,17,18). The summed E-state index contributed by atoms with van der Waals surface area (Å²) in [6.45, 7) is 3.93. The van der Waals surface area contributed by atoms with E-state index in [1.807, 2.05) is 0 Å². The number of nitrogens with zero attached hydrogens (tertiary/aromatic N) is 2. The van der Waals surface area contributed by atoms with Crippen molar-refractivity contribution in [2.45, 2.75) is 39.0 Å². The zero-order chi connectivity index (χ0) is 12.8. The minimum absolute atomic E-state index is 0.795. The summed E-state index contributed by atoms with van der Waals surface area (Å²) in [5, 5.41) is 6.66. The second-order valence-corrected chi connectivity index (χ2v) is 5.59. The highest BCUT2D eigenvalue weighted by Gasteiger charge is 2.14. The van der Waals surface area contributed by atoms with Gasteiger partial charge in [0.1, 0.15) is 22.4 Å². The highest BCUT2D eigenvalue weighted by Crippen LogP contribution is 2.28. The van der Waals surface area contributed by atoms with Crippen molar-refractivity contribution in [3.63, 3.8) is 0 Å². The fraction of sp³-hybridized carbons (Fsp3) is 0.692. The van der Waals surface area contributed by atoms with Crippen LogP contribution >= 0.6 is 15.9 Å². The van der Waals surface area contributed by atoms with E-state index >= 15 is 0 Å². The molecule has 1 fully saturated rings. The summed E-state index contributed by atoms with van der Waals surface area (Å²) < 4.78 is 0.933. The molecule has 1 aromatic heterocycles. The largest absolute Gasteiger partial charge is 0.369 e. The summed E-state index contributed by atoms with van der Waals surface area (Å²) in [5.41, 5.74) is 0. The van der Waals surface area contributed by atoms with Gasteiger partial charge in [0.2, 0.25) is 0 Å². The highest BCUT2D eigenvalue weighted by atomic mass is 79.9. The van der Waals surface area contributed by atoms with Gasteiger partial charge in [-0.15, -0.1) is 0 Å². The van der Waals surface area contributed by atoms with Gasteiger partial charge in [0.15, 0.2) is 0 Å². The second kappa shape index (κ2) is 6.92. The number of halogens is 1. The first-order chi connectivity index (χ1) is 8.81. The van der Waals surface area contributed by atoms with Crippen LogP contribution in [-0.4, -0.2) is 23.1 Å². The normalized spacial score (nSPS) is 16.6. The molecule has 0 spiro atoms. The summed E-state index contributed by atoms with van der Waals surface area (Å²) in [7, 11) is 0. The lowest BCUT2D eigenvalue weighted by molar-refractivity contribution is 0.373. The van der Waals surface area contributed by atoms with Gasteiger partial charge in [0.05, 0.1) is 0 Å². The van der Waals surface area contributed by atoms with Gasteiger partial charge in [0.25, 0.3) is 0 Å². The van der Waals surface area contributed by atoms with Crippen molar-refractivity contribution in [3.05, 3.63) is 10.8 Å². The molecule has 18 heavy (non-hydrogen) atoms. The SMILES string of the molecule is CCNc1ncnc(NCC2CCCCC2)c1Br. The predicted octanol–water partition coefficient (Wildman–Crippen LogP) is 3.66. The molecule has 0 saturated heterocycles. The number of rotatable bonds is 5. The highest BCUT2D eigenvalue weighted by molar-refractivity contribution is 9.10. The summed E-state index contributed by atoms with van der Waals surface area (Å²) in [5.74, 6) is 2.55. The van der Waals surface area contributed by atoms with Crippen molar-refractivity contribution in [2.24, 2.45) is 5.92 Å². The fourth-order valence-electron chi connectivity index (χ4n) is 2.42. The molecule has 0 radical (unpaired) electrons. The maximum atomic E-state index is 4.30. The van der Waals surface area contributed by atoms with Crippen LogP contribution in [0, 0.1) is 5.92 Å². The number of aromatic nitrogens is 2. The maximum Gasteiger partial charge on any atom is 0.145 e. The molecule has 2 N–H and O–H groups in total. The minimum Gasteiger partial charge on any atom is -0.369 e. The summed E-state index contributed by atoms with van der Waals surface area (Å²) >= 11 is 3.56. The average Bonchev–Trinajstić information content (AvgIpc) is 2.41. The van der Waals surface area contributed by atoms with Gasteiger partial charge < -0.3 is 10.6 Å². The molecular formula is C13H21BrN4. The second-order valence-electron chi connectivity index (χ2n) is 4.80. The van der Waals surface area contributed by atoms with Gasteiger partial charge in [-0.3, -0.25) is 0 Å². The Kier molecular flexibility index (Phi) is 5.23. The third-order valence-corrected chi connectivity index (χ3v) is 4.17. The Labute approximate surface area is 117 Å². The zero-order valence-electron chi connectivity index (χ0n) is 10.9. The van der Waals surface area contributed by atoms with Crippen LogP contribution in [-0.2, 0) is 0 Å². The zero-order valence-corrected chi connectivity index (χ0v) is 12.5. The van der Waals surface area contributed by atoms with Crippen LogP contribution in [0.25, 0.3) is 0 Å². The predicted molar refractivity (Wildman–Crippen MR) is 79.0 cm³/mol. The van der Waals surface area contributed by atoms with E-state index in [1.54, 1.807) is 6.33 Å². The minimum atomic E-state index is 0.795. The Hall–Kier alpha value is -0.840. The molecule has 1 heterocycles. The van der Waals surface area contributed by atoms with Crippen LogP contribution in [0.4, 0.5) is 11.6 Å². The molecular weight excluding hydrogens is 292 g/mol. The van der Waals surface area contributed by atoms with Gasteiger partial charge in [-0.2, -0.15) is 0 Å². The van der Waals surface area contributed by atoms with E-state index in [0.717, 1.165) is 35.1 Å². The van der Waals surface area contributed by atoms with Crippen LogP contribution in [0.5, 0.6) is 0 Å². The molecule has 100 valence electrons.